The van der Waals surface area contributed by atoms with Crippen LogP contribution in [0.3, 0.4) is 0 Å². The highest BCUT2D eigenvalue weighted by atomic mass is 32.1. The normalized spacial score (nSPS) is 12.3. The van der Waals surface area contributed by atoms with Crippen LogP contribution >= 0.6 is 11.3 Å². The van der Waals surface area contributed by atoms with Crippen molar-refractivity contribution >= 4 is 17.3 Å². The summed E-state index contributed by atoms with van der Waals surface area (Å²) < 4.78 is 0. The van der Waals surface area contributed by atoms with Crippen LogP contribution in [0.1, 0.15) is 87.5 Å². The molecule has 0 saturated carbocycles. The fourth-order valence-electron chi connectivity index (χ4n) is 2.39. The first-order valence-electron chi connectivity index (χ1n) is 9.75. The molecular formula is C21H35NO4S. The summed E-state index contributed by atoms with van der Waals surface area (Å²) in [5.41, 5.74) is 5.63. The standard InChI is InChI=1S/C19H31NO2S.C2H4O2/c1-2-3-4-5-6-7-8-9-10-11-12-16-13-14-18(23-16)19(22)17(20)15-21;1-2(3)4/h13-14,17,19,21-22H,2-10,15,20H2,1H3;1H3,(H,3,4)/t17-,19?;/m0./s1. The van der Waals surface area contributed by atoms with E-state index in [1.807, 2.05) is 12.1 Å². The second-order valence-corrected chi connectivity index (χ2v) is 7.65. The molecule has 154 valence electrons. The molecule has 0 aromatic carbocycles. The van der Waals surface area contributed by atoms with E-state index in [1.165, 1.54) is 56.3 Å². The van der Waals surface area contributed by atoms with Crippen LogP contribution in [0.25, 0.3) is 0 Å². The largest absolute Gasteiger partial charge is 0.481 e. The molecule has 0 fully saturated rings. The Kier molecular flexibility index (Phi) is 15.9. The van der Waals surface area contributed by atoms with Crippen molar-refractivity contribution in [2.24, 2.45) is 5.73 Å². The molecule has 1 aromatic heterocycles. The summed E-state index contributed by atoms with van der Waals surface area (Å²) in [7, 11) is 0. The Morgan fingerprint density at radius 2 is 1.70 bits per heavy atom. The molecule has 2 atom stereocenters. The topological polar surface area (TPSA) is 104 Å². The number of aliphatic carboxylic acids is 1. The molecule has 0 radical (unpaired) electrons. The number of thiophene rings is 1. The second-order valence-electron chi connectivity index (χ2n) is 6.54. The Bertz CT molecular complexity index is 558. The number of rotatable bonds is 11. The van der Waals surface area contributed by atoms with Gasteiger partial charge in [0.05, 0.1) is 17.5 Å². The van der Waals surface area contributed by atoms with E-state index in [9.17, 15) is 5.11 Å². The number of hydrogen-bond acceptors (Lipinski definition) is 5. The van der Waals surface area contributed by atoms with E-state index < -0.39 is 18.1 Å². The third-order valence-corrected chi connectivity index (χ3v) is 4.97. The van der Waals surface area contributed by atoms with E-state index in [0.717, 1.165) is 29.5 Å². The lowest BCUT2D eigenvalue weighted by Crippen LogP contribution is -2.31. The highest BCUT2D eigenvalue weighted by molar-refractivity contribution is 7.12. The van der Waals surface area contributed by atoms with Crippen LogP contribution in [0.15, 0.2) is 12.1 Å². The van der Waals surface area contributed by atoms with E-state index in [2.05, 4.69) is 18.8 Å². The van der Waals surface area contributed by atoms with Crippen molar-refractivity contribution < 1.29 is 20.1 Å². The number of aliphatic hydroxyl groups is 2. The molecule has 27 heavy (non-hydrogen) atoms. The molecular weight excluding hydrogens is 362 g/mol. The lowest BCUT2D eigenvalue weighted by atomic mass is 10.1. The van der Waals surface area contributed by atoms with Crippen LogP contribution in [0.4, 0.5) is 0 Å². The molecule has 0 bridgehead atoms. The second kappa shape index (κ2) is 16.8. The maximum Gasteiger partial charge on any atom is 0.300 e. The number of unbranched alkanes of at least 4 members (excludes halogenated alkanes) is 8. The number of carbonyl (C=O) groups is 1. The summed E-state index contributed by atoms with van der Waals surface area (Å²) in [5.74, 6) is 5.52. The predicted molar refractivity (Wildman–Crippen MR) is 112 cm³/mol. The molecule has 1 aromatic rings. The van der Waals surface area contributed by atoms with E-state index in [1.54, 1.807) is 0 Å². The van der Waals surface area contributed by atoms with E-state index in [-0.39, 0.29) is 6.61 Å². The molecule has 5 nitrogen and oxygen atoms in total. The first-order valence-corrected chi connectivity index (χ1v) is 10.6. The summed E-state index contributed by atoms with van der Waals surface area (Å²) >= 11 is 1.45. The van der Waals surface area contributed by atoms with Crippen molar-refractivity contribution in [2.45, 2.75) is 83.8 Å². The molecule has 0 aliphatic heterocycles. The van der Waals surface area contributed by atoms with Gasteiger partial charge < -0.3 is 21.1 Å². The monoisotopic (exact) mass is 397 g/mol. The van der Waals surface area contributed by atoms with Crippen molar-refractivity contribution in [3.8, 4) is 11.8 Å². The highest BCUT2D eigenvalue weighted by Gasteiger charge is 2.17. The van der Waals surface area contributed by atoms with Crippen molar-refractivity contribution in [3.05, 3.63) is 21.9 Å². The van der Waals surface area contributed by atoms with Crippen molar-refractivity contribution in [1.29, 1.82) is 0 Å². The number of hydrogen-bond donors (Lipinski definition) is 4. The third kappa shape index (κ3) is 14.3. The van der Waals surface area contributed by atoms with Crippen LogP contribution < -0.4 is 5.73 Å². The Labute approximate surface area is 167 Å². The zero-order chi connectivity index (χ0) is 20.5. The van der Waals surface area contributed by atoms with Gasteiger partial charge in [0.1, 0.15) is 6.10 Å². The maximum atomic E-state index is 9.93. The Morgan fingerprint density at radius 1 is 1.15 bits per heavy atom. The first kappa shape index (κ1) is 25.6. The van der Waals surface area contributed by atoms with Crippen molar-refractivity contribution in [1.82, 2.24) is 0 Å². The zero-order valence-electron chi connectivity index (χ0n) is 16.6. The van der Waals surface area contributed by atoms with Gasteiger partial charge in [-0.1, -0.05) is 63.7 Å². The first-order chi connectivity index (χ1) is 12.9. The summed E-state index contributed by atoms with van der Waals surface area (Å²) in [6.45, 7) is 3.11. The Balaban J connectivity index is 0.00000153. The molecule has 1 unspecified atom stereocenters. The summed E-state index contributed by atoms with van der Waals surface area (Å²) in [6.07, 6.45) is 10.6. The Morgan fingerprint density at radius 3 is 2.26 bits per heavy atom. The summed E-state index contributed by atoms with van der Waals surface area (Å²) in [4.78, 5) is 10.7. The number of carboxylic acid groups (broad SMARTS) is 1. The fourth-order valence-corrected chi connectivity index (χ4v) is 3.33. The van der Waals surface area contributed by atoms with Gasteiger partial charge in [0.25, 0.3) is 5.97 Å². The molecule has 0 amide bonds. The van der Waals surface area contributed by atoms with Gasteiger partial charge in [0.15, 0.2) is 0 Å². The highest BCUT2D eigenvalue weighted by Crippen LogP contribution is 2.24. The van der Waals surface area contributed by atoms with Gasteiger partial charge in [-0.25, -0.2) is 0 Å². The molecule has 6 heteroatoms. The molecule has 0 aliphatic rings. The van der Waals surface area contributed by atoms with Gasteiger partial charge in [0, 0.05) is 18.2 Å². The molecule has 1 rings (SSSR count). The van der Waals surface area contributed by atoms with E-state index in [0.29, 0.717) is 0 Å². The van der Waals surface area contributed by atoms with E-state index in [4.69, 9.17) is 20.7 Å². The fraction of sp³-hybridized carbons (Fsp3) is 0.667. The van der Waals surface area contributed by atoms with Gasteiger partial charge in [-0.15, -0.1) is 11.3 Å². The van der Waals surface area contributed by atoms with Gasteiger partial charge in [-0.2, -0.15) is 0 Å². The minimum Gasteiger partial charge on any atom is -0.481 e. The SMILES string of the molecule is CC(=O)O.CCCCCCCCCCC#Cc1ccc(C(O)[C@@H](N)CO)s1. The smallest absolute Gasteiger partial charge is 0.300 e. The van der Waals surface area contributed by atoms with E-state index >= 15 is 0 Å². The lowest BCUT2D eigenvalue weighted by molar-refractivity contribution is -0.134. The van der Waals surface area contributed by atoms with Crippen molar-refractivity contribution in [2.75, 3.05) is 6.61 Å². The zero-order valence-corrected chi connectivity index (χ0v) is 17.4. The molecule has 0 spiro atoms. The molecule has 0 saturated heterocycles. The lowest BCUT2D eigenvalue weighted by Gasteiger charge is -2.14. The molecule has 5 N–H and O–H groups in total. The number of aliphatic hydroxyl groups excluding tert-OH is 2. The van der Waals surface area contributed by atoms with Crippen LogP contribution in [-0.2, 0) is 4.79 Å². The van der Waals surface area contributed by atoms with Crippen LogP contribution in [-0.4, -0.2) is 33.9 Å². The average molecular weight is 398 g/mol. The summed E-state index contributed by atoms with van der Waals surface area (Å²) in [6, 6.07) is 3.12. The van der Waals surface area contributed by atoms with Gasteiger partial charge in [0.2, 0.25) is 0 Å². The van der Waals surface area contributed by atoms with Crippen LogP contribution in [0, 0.1) is 11.8 Å². The quantitative estimate of drug-likeness (QED) is 0.333. The molecule has 1 heterocycles. The van der Waals surface area contributed by atoms with Crippen molar-refractivity contribution in [3.63, 3.8) is 0 Å². The number of carboxylic acids is 1. The average Bonchev–Trinajstić information content (AvgIpc) is 3.10. The van der Waals surface area contributed by atoms with Gasteiger partial charge >= 0.3 is 0 Å². The van der Waals surface area contributed by atoms with Gasteiger partial charge in [-0.3, -0.25) is 4.79 Å². The van der Waals surface area contributed by atoms with Crippen LogP contribution in [0.2, 0.25) is 0 Å². The van der Waals surface area contributed by atoms with Gasteiger partial charge in [-0.05, 0) is 18.6 Å². The molecule has 0 aliphatic carbocycles. The predicted octanol–water partition coefficient (Wildman–Crippen LogP) is 4.07. The number of nitrogens with two attached hydrogens (primary N) is 1. The summed E-state index contributed by atoms with van der Waals surface area (Å²) in [5, 5.41) is 26.3. The minimum atomic E-state index is -0.833. The Hall–Kier alpha value is -1.39. The maximum absolute atomic E-state index is 9.93. The minimum absolute atomic E-state index is 0.224. The third-order valence-electron chi connectivity index (χ3n) is 3.90. The van der Waals surface area contributed by atoms with Crippen LogP contribution in [0.5, 0.6) is 0 Å².